The van der Waals surface area contributed by atoms with Crippen molar-refractivity contribution in [2.24, 2.45) is 0 Å². The second-order valence-corrected chi connectivity index (χ2v) is 5.25. The molecule has 0 saturated heterocycles. The third-order valence-electron chi connectivity index (χ3n) is 3.32. The van der Waals surface area contributed by atoms with E-state index in [9.17, 15) is 4.79 Å². The van der Waals surface area contributed by atoms with Gasteiger partial charge in [0.15, 0.2) is 5.58 Å². The predicted octanol–water partition coefficient (Wildman–Crippen LogP) is 3.24. The molecule has 108 valence electrons. The molecule has 0 N–H and O–H groups in total. The molecule has 0 fully saturated rings. The summed E-state index contributed by atoms with van der Waals surface area (Å²) < 4.78 is 5.21. The van der Waals surface area contributed by atoms with Crippen LogP contribution in [0.15, 0.2) is 28.8 Å². The van der Waals surface area contributed by atoms with Gasteiger partial charge in [-0.3, -0.25) is 4.79 Å². The molecule has 1 aromatic carbocycles. The van der Waals surface area contributed by atoms with Crippen LogP contribution >= 0.6 is 11.6 Å². The van der Waals surface area contributed by atoms with E-state index in [2.05, 4.69) is 5.16 Å². The van der Waals surface area contributed by atoms with Crippen LogP contribution in [0.2, 0.25) is 0 Å². The van der Waals surface area contributed by atoms with Gasteiger partial charge in [-0.2, -0.15) is 0 Å². The normalized spacial score (nSPS) is 10.9. The number of rotatable bonds is 7. The van der Waals surface area contributed by atoms with E-state index in [1.54, 1.807) is 4.90 Å². The van der Waals surface area contributed by atoms with Crippen molar-refractivity contribution in [1.82, 2.24) is 10.1 Å². The summed E-state index contributed by atoms with van der Waals surface area (Å²) in [5.41, 5.74) is 1.43. The summed E-state index contributed by atoms with van der Waals surface area (Å²) in [5, 5.41) is 4.90. The highest BCUT2D eigenvalue weighted by molar-refractivity contribution is 6.17. The standard InChI is InChI=1S/C15H19ClN2O2/c1-18(10-6-2-5-9-16)15(19)11-13-12-7-3-4-8-14(12)20-17-13/h3-4,7-8H,2,5-6,9-11H2,1H3. The molecule has 1 aromatic heterocycles. The molecular formula is C15H19ClN2O2. The van der Waals surface area contributed by atoms with E-state index >= 15 is 0 Å². The number of carbonyl (C=O) groups is 1. The Morgan fingerprint density at radius 1 is 1.30 bits per heavy atom. The molecule has 4 nitrogen and oxygen atoms in total. The molecule has 0 radical (unpaired) electrons. The summed E-state index contributed by atoms with van der Waals surface area (Å²) in [6.45, 7) is 0.755. The number of hydrogen-bond acceptors (Lipinski definition) is 3. The number of hydrogen-bond donors (Lipinski definition) is 0. The number of benzene rings is 1. The first-order valence-corrected chi connectivity index (χ1v) is 7.39. The molecule has 0 atom stereocenters. The maximum absolute atomic E-state index is 12.1. The Kier molecular flexibility index (Phi) is 5.41. The summed E-state index contributed by atoms with van der Waals surface area (Å²) in [4.78, 5) is 13.9. The fraction of sp³-hybridized carbons (Fsp3) is 0.467. The Hall–Kier alpha value is -1.55. The van der Waals surface area contributed by atoms with Gasteiger partial charge in [0, 0.05) is 24.9 Å². The number of fused-ring (bicyclic) bond motifs is 1. The van der Waals surface area contributed by atoms with E-state index in [4.69, 9.17) is 16.1 Å². The van der Waals surface area contributed by atoms with Crippen LogP contribution in [0.5, 0.6) is 0 Å². The summed E-state index contributed by atoms with van der Waals surface area (Å²) in [6, 6.07) is 7.59. The number of nitrogens with zero attached hydrogens (tertiary/aromatic N) is 2. The van der Waals surface area contributed by atoms with E-state index in [0.717, 1.165) is 36.8 Å². The lowest BCUT2D eigenvalue weighted by Crippen LogP contribution is -2.29. The Morgan fingerprint density at radius 3 is 2.90 bits per heavy atom. The molecule has 5 heteroatoms. The number of alkyl halides is 1. The molecule has 2 aromatic rings. The van der Waals surface area contributed by atoms with E-state index in [0.29, 0.717) is 11.6 Å². The minimum absolute atomic E-state index is 0.0647. The monoisotopic (exact) mass is 294 g/mol. The Bertz CT molecular complexity index is 568. The van der Waals surface area contributed by atoms with Gasteiger partial charge in [-0.25, -0.2) is 0 Å². The number of halogens is 1. The molecule has 0 aliphatic carbocycles. The Balaban J connectivity index is 1.90. The molecule has 2 rings (SSSR count). The third-order valence-corrected chi connectivity index (χ3v) is 3.59. The van der Waals surface area contributed by atoms with Crippen molar-refractivity contribution in [3.8, 4) is 0 Å². The fourth-order valence-electron chi connectivity index (χ4n) is 2.09. The van der Waals surface area contributed by atoms with Crippen LogP contribution in [0.25, 0.3) is 11.0 Å². The number of para-hydroxylation sites is 1. The van der Waals surface area contributed by atoms with E-state index in [1.165, 1.54) is 0 Å². The van der Waals surface area contributed by atoms with Crippen molar-refractivity contribution in [2.45, 2.75) is 25.7 Å². The van der Waals surface area contributed by atoms with Gasteiger partial charge in [0.25, 0.3) is 0 Å². The average molecular weight is 295 g/mol. The zero-order valence-corrected chi connectivity index (χ0v) is 12.4. The highest BCUT2D eigenvalue weighted by Crippen LogP contribution is 2.18. The first-order chi connectivity index (χ1) is 9.72. The highest BCUT2D eigenvalue weighted by atomic mass is 35.5. The molecule has 20 heavy (non-hydrogen) atoms. The summed E-state index contributed by atoms with van der Waals surface area (Å²) in [7, 11) is 1.82. The van der Waals surface area contributed by atoms with Gasteiger partial charge in [0.1, 0.15) is 5.69 Å². The molecular weight excluding hydrogens is 276 g/mol. The number of carbonyl (C=O) groups excluding carboxylic acids is 1. The van der Waals surface area contributed by atoms with Crippen LogP contribution < -0.4 is 0 Å². The van der Waals surface area contributed by atoms with Gasteiger partial charge >= 0.3 is 0 Å². The average Bonchev–Trinajstić information content (AvgIpc) is 2.87. The maximum Gasteiger partial charge on any atom is 0.228 e. The SMILES string of the molecule is CN(CCCCCCl)C(=O)Cc1noc2ccccc12. The highest BCUT2D eigenvalue weighted by Gasteiger charge is 2.14. The first-order valence-electron chi connectivity index (χ1n) is 6.85. The van der Waals surface area contributed by atoms with Gasteiger partial charge in [0.2, 0.25) is 5.91 Å². The lowest BCUT2D eigenvalue weighted by Gasteiger charge is -2.16. The maximum atomic E-state index is 12.1. The van der Waals surface area contributed by atoms with E-state index in [-0.39, 0.29) is 12.3 Å². The van der Waals surface area contributed by atoms with Crippen molar-refractivity contribution in [2.75, 3.05) is 19.5 Å². The fourth-order valence-corrected chi connectivity index (χ4v) is 2.28. The second-order valence-electron chi connectivity index (χ2n) is 4.87. The third kappa shape index (κ3) is 3.73. The van der Waals surface area contributed by atoms with Crippen molar-refractivity contribution in [3.05, 3.63) is 30.0 Å². The number of aromatic nitrogens is 1. The van der Waals surface area contributed by atoms with Crippen LogP contribution in [-0.4, -0.2) is 35.4 Å². The predicted molar refractivity (Wildman–Crippen MR) is 79.9 cm³/mol. The smallest absolute Gasteiger partial charge is 0.228 e. The molecule has 0 spiro atoms. The van der Waals surface area contributed by atoms with Crippen LogP contribution in [0, 0.1) is 0 Å². The number of amides is 1. The van der Waals surface area contributed by atoms with Crippen molar-refractivity contribution < 1.29 is 9.32 Å². The largest absolute Gasteiger partial charge is 0.356 e. The van der Waals surface area contributed by atoms with Gasteiger partial charge in [-0.15, -0.1) is 11.6 Å². The lowest BCUT2D eigenvalue weighted by molar-refractivity contribution is -0.129. The zero-order chi connectivity index (χ0) is 14.4. The molecule has 1 amide bonds. The number of unbranched alkanes of at least 4 members (excludes halogenated alkanes) is 2. The van der Waals surface area contributed by atoms with Gasteiger partial charge in [0.05, 0.1) is 6.42 Å². The summed E-state index contributed by atoms with van der Waals surface area (Å²) in [5.74, 6) is 0.748. The van der Waals surface area contributed by atoms with Gasteiger partial charge in [-0.05, 0) is 25.0 Å². The first kappa shape index (κ1) is 14.9. The molecule has 0 aliphatic heterocycles. The molecule has 1 heterocycles. The zero-order valence-electron chi connectivity index (χ0n) is 11.6. The second kappa shape index (κ2) is 7.29. The molecule has 0 bridgehead atoms. The molecule has 0 unspecified atom stereocenters. The molecule has 0 aliphatic rings. The summed E-state index contributed by atoms with van der Waals surface area (Å²) >= 11 is 5.63. The van der Waals surface area contributed by atoms with Crippen molar-refractivity contribution >= 4 is 28.5 Å². The van der Waals surface area contributed by atoms with Crippen LogP contribution in [-0.2, 0) is 11.2 Å². The van der Waals surface area contributed by atoms with Gasteiger partial charge < -0.3 is 9.42 Å². The summed E-state index contributed by atoms with van der Waals surface area (Å²) in [6.07, 6.45) is 3.31. The van der Waals surface area contributed by atoms with Crippen LogP contribution in [0.4, 0.5) is 0 Å². The minimum atomic E-state index is 0.0647. The van der Waals surface area contributed by atoms with E-state index < -0.39 is 0 Å². The minimum Gasteiger partial charge on any atom is -0.356 e. The van der Waals surface area contributed by atoms with Crippen LogP contribution in [0.1, 0.15) is 25.0 Å². The quantitative estimate of drug-likeness (QED) is 0.582. The topological polar surface area (TPSA) is 46.3 Å². The van der Waals surface area contributed by atoms with Crippen LogP contribution in [0.3, 0.4) is 0 Å². The van der Waals surface area contributed by atoms with Gasteiger partial charge in [-0.1, -0.05) is 23.7 Å². The lowest BCUT2D eigenvalue weighted by atomic mass is 10.1. The van der Waals surface area contributed by atoms with Crippen molar-refractivity contribution in [3.63, 3.8) is 0 Å². The Morgan fingerprint density at radius 2 is 2.10 bits per heavy atom. The number of likely N-dealkylation sites (N-methyl/N-ethyl adjacent to an activating group) is 1. The van der Waals surface area contributed by atoms with Crippen molar-refractivity contribution in [1.29, 1.82) is 0 Å². The van der Waals surface area contributed by atoms with E-state index in [1.807, 2.05) is 31.3 Å². The molecule has 0 saturated carbocycles. The Labute approximate surface area is 123 Å².